The molecule has 1 fully saturated rings. The number of hydrogen-bond donors (Lipinski definition) is 3. The smallest absolute Gasteiger partial charge is 0.328 e. The number of rotatable bonds is 1. The lowest BCUT2D eigenvalue weighted by Crippen LogP contribution is -2.05. The van der Waals surface area contributed by atoms with Gasteiger partial charge in [-0.25, -0.2) is 0 Å². The highest BCUT2D eigenvalue weighted by Crippen LogP contribution is 2.48. The van der Waals surface area contributed by atoms with Gasteiger partial charge in [0.2, 0.25) is 0 Å². The molecule has 5 heteroatoms. The normalized spacial score (nSPS) is 34.7. The summed E-state index contributed by atoms with van der Waals surface area (Å²) in [4.78, 5) is 17.3. The second-order valence-electron chi connectivity index (χ2n) is 2.71. The monoisotopic (exact) mass is 166 g/mol. The van der Waals surface area contributed by atoms with E-state index in [1.807, 2.05) is 0 Å². The Morgan fingerprint density at radius 1 is 1.30 bits per heavy atom. The molecule has 1 aliphatic rings. The van der Waals surface area contributed by atoms with Gasteiger partial charge in [0, 0.05) is 0 Å². The second kappa shape index (κ2) is 2.62. The van der Waals surface area contributed by atoms with Crippen molar-refractivity contribution in [1.82, 2.24) is 0 Å². The third-order valence-electron chi connectivity index (χ3n) is 1.85. The summed E-state index contributed by atoms with van der Waals surface area (Å²) in [7, 11) is -3.91. The van der Waals surface area contributed by atoms with Gasteiger partial charge < -0.3 is 14.9 Å². The molecule has 4 nitrogen and oxygen atoms in total. The van der Waals surface area contributed by atoms with Gasteiger partial charge in [-0.1, -0.05) is 0 Å². The Hall–Kier alpha value is 0.110. The molecule has 0 amide bonds. The Morgan fingerprint density at radius 3 is 2.10 bits per heavy atom. The zero-order chi connectivity index (χ0) is 7.78. The number of hydrogen-bond acceptors (Lipinski definition) is 2. The lowest BCUT2D eigenvalue weighted by atomic mass is 10.3. The Morgan fingerprint density at radius 2 is 1.90 bits per heavy atom. The predicted molar refractivity (Wildman–Crippen MR) is 35.7 cm³/mol. The maximum absolute atomic E-state index is 10.6. The molecule has 0 bridgehead atoms. The minimum absolute atomic E-state index is 0.254. The summed E-state index contributed by atoms with van der Waals surface area (Å²) < 4.78 is 10.6. The van der Waals surface area contributed by atoms with Crippen LogP contribution in [0.2, 0.25) is 0 Å². The molecule has 10 heavy (non-hydrogen) atoms. The molecule has 0 radical (unpaired) electrons. The van der Waals surface area contributed by atoms with Gasteiger partial charge in [-0.15, -0.1) is 0 Å². The molecular weight excluding hydrogens is 155 g/mol. The van der Waals surface area contributed by atoms with Gasteiger partial charge in [0.25, 0.3) is 0 Å². The maximum atomic E-state index is 10.6. The van der Waals surface area contributed by atoms with Crippen molar-refractivity contribution in [3.8, 4) is 0 Å². The molecule has 0 aromatic rings. The molecule has 0 saturated heterocycles. The van der Waals surface area contributed by atoms with Crippen LogP contribution in [-0.4, -0.2) is 26.7 Å². The Labute approximate surface area is 59.0 Å². The van der Waals surface area contributed by atoms with Crippen molar-refractivity contribution in [1.29, 1.82) is 0 Å². The van der Waals surface area contributed by atoms with Gasteiger partial charge in [-0.05, 0) is 19.3 Å². The maximum Gasteiger partial charge on any atom is 0.328 e. The van der Waals surface area contributed by atoms with Crippen LogP contribution in [0, 0.1) is 0 Å². The van der Waals surface area contributed by atoms with Crippen molar-refractivity contribution >= 4 is 7.60 Å². The highest BCUT2D eigenvalue weighted by Gasteiger charge is 2.35. The van der Waals surface area contributed by atoms with Crippen LogP contribution < -0.4 is 0 Å². The summed E-state index contributed by atoms with van der Waals surface area (Å²) in [6, 6.07) is 0. The van der Waals surface area contributed by atoms with Gasteiger partial charge in [0.05, 0.1) is 11.8 Å². The first-order valence-corrected chi connectivity index (χ1v) is 4.91. The van der Waals surface area contributed by atoms with E-state index in [4.69, 9.17) is 14.9 Å². The van der Waals surface area contributed by atoms with Crippen LogP contribution in [0.3, 0.4) is 0 Å². The zero-order valence-corrected chi connectivity index (χ0v) is 6.37. The van der Waals surface area contributed by atoms with Crippen molar-refractivity contribution in [2.75, 3.05) is 0 Å². The minimum Gasteiger partial charge on any atom is -0.393 e. The van der Waals surface area contributed by atoms with Crippen LogP contribution in [0.1, 0.15) is 19.3 Å². The van der Waals surface area contributed by atoms with Crippen LogP contribution in [0.4, 0.5) is 0 Å². The quantitative estimate of drug-likeness (QED) is 0.482. The Balaban J connectivity index is 2.53. The highest BCUT2D eigenvalue weighted by atomic mass is 31.2. The molecule has 0 heterocycles. The highest BCUT2D eigenvalue weighted by molar-refractivity contribution is 7.52. The topological polar surface area (TPSA) is 77.8 Å². The van der Waals surface area contributed by atoms with Gasteiger partial charge in [-0.3, -0.25) is 4.57 Å². The fourth-order valence-electron chi connectivity index (χ4n) is 1.24. The van der Waals surface area contributed by atoms with Crippen molar-refractivity contribution in [3.63, 3.8) is 0 Å². The van der Waals surface area contributed by atoms with Gasteiger partial charge >= 0.3 is 7.60 Å². The van der Waals surface area contributed by atoms with E-state index in [1.54, 1.807) is 0 Å². The standard InChI is InChI=1S/C5H11O4P/c6-4-1-2-5(3-4)10(7,8)9/h4-6H,1-3H2,(H2,7,8,9). The van der Waals surface area contributed by atoms with Crippen molar-refractivity contribution in [3.05, 3.63) is 0 Å². The third-order valence-corrected chi connectivity index (χ3v) is 3.27. The van der Waals surface area contributed by atoms with Gasteiger partial charge in [-0.2, -0.15) is 0 Å². The number of aliphatic hydroxyl groups excluding tert-OH is 1. The summed E-state index contributed by atoms with van der Waals surface area (Å²) in [5.41, 5.74) is -0.595. The van der Waals surface area contributed by atoms with E-state index in [0.717, 1.165) is 0 Å². The first kappa shape index (κ1) is 8.21. The first-order valence-electron chi connectivity index (χ1n) is 3.23. The second-order valence-corrected chi connectivity index (χ2v) is 4.62. The zero-order valence-electron chi connectivity index (χ0n) is 5.47. The molecule has 60 valence electrons. The molecule has 0 aromatic heterocycles. The molecule has 2 unspecified atom stereocenters. The van der Waals surface area contributed by atoms with E-state index >= 15 is 0 Å². The van der Waals surface area contributed by atoms with Crippen molar-refractivity contribution in [2.24, 2.45) is 0 Å². The molecule has 0 aliphatic heterocycles. The van der Waals surface area contributed by atoms with Crippen LogP contribution in [0.25, 0.3) is 0 Å². The van der Waals surface area contributed by atoms with E-state index in [2.05, 4.69) is 0 Å². The summed E-state index contributed by atoms with van der Waals surface area (Å²) in [6.07, 6.45) is 0.725. The van der Waals surface area contributed by atoms with E-state index in [1.165, 1.54) is 0 Å². The molecule has 1 aliphatic carbocycles. The average Bonchev–Trinajstić information content (AvgIpc) is 2.11. The minimum atomic E-state index is -3.91. The van der Waals surface area contributed by atoms with E-state index in [-0.39, 0.29) is 6.42 Å². The first-order chi connectivity index (χ1) is 4.50. The van der Waals surface area contributed by atoms with E-state index < -0.39 is 19.4 Å². The van der Waals surface area contributed by atoms with Crippen LogP contribution in [0.5, 0.6) is 0 Å². The molecule has 1 saturated carbocycles. The lowest BCUT2D eigenvalue weighted by Gasteiger charge is -2.09. The Bertz CT molecular complexity index is 163. The number of aliphatic hydroxyl groups is 1. The summed E-state index contributed by atoms with van der Waals surface area (Å²) in [5.74, 6) is 0. The van der Waals surface area contributed by atoms with Crippen LogP contribution in [0.15, 0.2) is 0 Å². The third kappa shape index (κ3) is 1.80. The molecule has 2 atom stereocenters. The lowest BCUT2D eigenvalue weighted by molar-refractivity contribution is 0.182. The molecule has 0 aromatic carbocycles. The predicted octanol–water partition coefficient (Wildman–Crippen LogP) is 0.0775. The van der Waals surface area contributed by atoms with E-state index in [9.17, 15) is 4.57 Å². The van der Waals surface area contributed by atoms with Crippen LogP contribution >= 0.6 is 7.60 Å². The molecule has 3 N–H and O–H groups in total. The van der Waals surface area contributed by atoms with Crippen LogP contribution in [-0.2, 0) is 4.57 Å². The fraction of sp³-hybridized carbons (Fsp3) is 1.00. The van der Waals surface area contributed by atoms with E-state index in [0.29, 0.717) is 12.8 Å². The molecular formula is C5H11O4P. The van der Waals surface area contributed by atoms with Gasteiger partial charge in [0.1, 0.15) is 0 Å². The van der Waals surface area contributed by atoms with Crippen molar-refractivity contribution in [2.45, 2.75) is 31.0 Å². The summed E-state index contributed by atoms with van der Waals surface area (Å²) >= 11 is 0. The Kier molecular flexibility index (Phi) is 2.15. The SMILES string of the molecule is O=P(O)(O)C1CCC(O)C1. The summed E-state index contributed by atoms with van der Waals surface area (Å²) in [5, 5.41) is 8.92. The molecule has 1 rings (SSSR count). The van der Waals surface area contributed by atoms with Crippen molar-refractivity contribution < 1.29 is 19.5 Å². The molecule has 0 spiro atoms. The average molecular weight is 166 g/mol. The van der Waals surface area contributed by atoms with Gasteiger partial charge in [0.15, 0.2) is 0 Å². The fourth-order valence-corrected chi connectivity index (χ4v) is 2.24. The summed E-state index contributed by atoms with van der Waals surface area (Å²) in [6.45, 7) is 0. The largest absolute Gasteiger partial charge is 0.393 e.